The van der Waals surface area contributed by atoms with Crippen LogP contribution in [0.3, 0.4) is 0 Å². The molecular formula is C22H34N4O3S. The quantitative estimate of drug-likeness (QED) is 0.661. The Labute approximate surface area is 184 Å². The minimum Gasteiger partial charge on any atom is -0.379 e. The molecule has 2 aliphatic heterocycles. The Kier molecular flexibility index (Phi) is 8.56. The number of hydrogen-bond donors (Lipinski definition) is 1. The van der Waals surface area contributed by atoms with E-state index in [2.05, 4.69) is 52.6 Å². The van der Waals surface area contributed by atoms with Crippen molar-refractivity contribution in [2.24, 2.45) is 0 Å². The lowest BCUT2D eigenvalue weighted by Crippen LogP contribution is -2.58. The molecule has 0 spiro atoms. The third kappa shape index (κ3) is 6.44. The monoisotopic (exact) mass is 434 g/mol. The highest BCUT2D eigenvalue weighted by Gasteiger charge is 2.34. The molecule has 2 aliphatic rings. The van der Waals surface area contributed by atoms with E-state index in [0.29, 0.717) is 32.1 Å². The third-order valence-corrected chi connectivity index (χ3v) is 6.83. The second-order valence-electron chi connectivity index (χ2n) is 8.18. The average Bonchev–Trinajstić information content (AvgIpc) is 2.75. The number of morpholine rings is 1. The predicted molar refractivity (Wildman–Crippen MR) is 119 cm³/mol. The lowest BCUT2D eigenvalue weighted by molar-refractivity contribution is -0.134. The molecule has 3 rings (SSSR count). The summed E-state index contributed by atoms with van der Waals surface area (Å²) >= 11 is 1.60. The molecule has 1 aromatic carbocycles. The number of nitrogens with zero attached hydrogens (tertiary/aromatic N) is 3. The summed E-state index contributed by atoms with van der Waals surface area (Å²) in [6.07, 6.45) is 0. The van der Waals surface area contributed by atoms with Crippen LogP contribution in [0.15, 0.2) is 29.2 Å². The van der Waals surface area contributed by atoms with Gasteiger partial charge in [-0.25, -0.2) is 4.31 Å². The van der Waals surface area contributed by atoms with Gasteiger partial charge in [-0.05, 0) is 35.6 Å². The summed E-state index contributed by atoms with van der Waals surface area (Å²) in [5, 5.41) is 3.08. The highest BCUT2D eigenvalue weighted by atomic mass is 32.2. The van der Waals surface area contributed by atoms with Gasteiger partial charge in [0.15, 0.2) is 0 Å². The number of benzene rings is 1. The summed E-state index contributed by atoms with van der Waals surface area (Å²) in [6.45, 7) is 12.4. The summed E-state index contributed by atoms with van der Waals surface area (Å²) in [4.78, 5) is 30.1. The fourth-order valence-electron chi connectivity index (χ4n) is 3.70. The first-order valence-corrected chi connectivity index (χ1v) is 11.6. The summed E-state index contributed by atoms with van der Waals surface area (Å²) in [7, 11) is 0. The Morgan fingerprint density at radius 3 is 2.47 bits per heavy atom. The molecule has 0 bridgehead atoms. The van der Waals surface area contributed by atoms with Crippen LogP contribution in [0.1, 0.15) is 32.3 Å². The maximum Gasteiger partial charge on any atom is 0.240 e. The van der Waals surface area contributed by atoms with E-state index in [9.17, 15) is 9.59 Å². The van der Waals surface area contributed by atoms with Crippen LogP contribution in [0, 0.1) is 0 Å². The minimum atomic E-state index is -0.359. The van der Waals surface area contributed by atoms with Crippen molar-refractivity contribution in [1.82, 2.24) is 19.4 Å². The highest BCUT2D eigenvalue weighted by Crippen LogP contribution is 2.28. The second kappa shape index (κ2) is 11.1. The molecule has 30 heavy (non-hydrogen) atoms. The number of carbonyl (C=O) groups is 2. The number of amides is 2. The molecule has 2 heterocycles. The molecule has 0 radical (unpaired) electrons. The largest absolute Gasteiger partial charge is 0.379 e. The number of ether oxygens (including phenoxy) is 1. The fourth-order valence-corrected chi connectivity index (χ4v) is 4.70. The molecule has 2 fully saturated rings. The zero-order chi connectivity index (χ0) is 21.5. The number of nitrogens with one attached hydrogen (secondary N) is 1. The topological polar surface area (TPSA) is 65.1 Å². The van der Waals surface area contributed by atoms with Gasteiger partial charge < -0.3 is 15.0 Å². The van der Waals surface area contributed by atoms with Crippen LogP contribution in [0.5, 0.6) is 0 Å². The van der Waals surface area contributed by atoms with E-state index in [4.69, 9.17) is 4.74 Å². The number of hydrogen-bond acceptors (Lipinski definition) is 6. The Hall–Kier alpha value is -1.61. The van der Waals surface area contributed by atoms with Crippen molar-refractivity contribution in [2.75, 3.05) is 59.0 Å². The third-order valence-electron chi connectivity index (χ3n) is 5.68. The average molecular weight is 435 g/mol. The van der Waals surface area contributed by atoms with Crippen LogP contribution >= 0.6 is 11.9 Å². The molecule has 0 saturated carbocycles. The maximum atomic E-state index is 13.0. The number of carbonyl (C=O) groups excluding carboxylic acids is 2. The van der Waals surface area contributed by atoms with Gasteiger partial charge in [0.25, 0.3) is 0 Å². The van der Waals surface area contributed by atoms with Gasteiger partial charge >= 0.3 is 0 Å². The molecule has 1 N–H and O–H groups in total. The SMILES string of the molecule is CC(=O)N1CCN(Sc2ccc(C(C)C)cc2)[C@@H](C(=O)NCCN2CCOCC2)C1. The van der Waals surface area contributed by atoms with Crippen LogP contribution in [0.2, 0.25) is 0 Å². The maximum absolute atomic E-state index is 13.0. The van der Waals surface area contributed by atoms with Gasteiger partial charge in [0.05, 0.1) is 13.2 Å². The van der Waals surface area contributed by atoms with Gasteiger partial charge in [-0.15, -0.1) is 0 Å². The zero-order valence-electron chi connectivity index (χ0n) is 18.3. The van der Waals surface area contributed by atoms with Gasteiger partial charge in [0, 0.05) is 57.6 Å². The standard InChI is InChI=1S/C22H34N4O3S/c1-17(2)19-4-6-20(7-5-19)30-26-11-10-25(18(3)27)16-21(26)22(28)23-8-9-24-12-14-29-15-13-24/h4-7,17,21H,8-16H2,1-3H3,(H,23,28)/t21-/m1/s1. The number of rotatable bonds is 7. The first kappa shape index (κ1) is 23.1. The summed E-state index contributed by atoms with van der Waals surface area (Å²) in [5.74, 6) is 0.501. The fraction of sp³-hybridized carbons (Fsp3) is 0.636. The van der Waals surface area contributed by atoms with Crippen molar-refractivity contribution in [3.8, 4) is 0 Å². The molecule has 2 amide bonds. The van der Waals surface area contributed by atoms with E-state index in [-0.39, 0.29) is 17.9 Å². The molecule has 0 aromatic heterocycles. The van der Waals surface area contributed by atoms with Crippen LogP contribution < -0.4 is 5.32 Å². The minimum absolute atomic E-state index is 0.0134. The Bertz CT molecular complexity index is 707. The predicted octanol–water partition coefficient (Wildman–Crippen LogP) is 1.80. The Morgan fingerprint density at radius 2 is 1.83 bits per heavy atom. The molecule has 0 unspecified atom stereocenters. The van der Waals surface area contributed by atoms with E-state index >= 15 is 0 Å². The summed E-state index contributed by atoms with van der Waals surface area (Å²) in [5.41, 5.74) is 1.30. The van der Waals surface area contributed by atoms with Gasteiger partial charge in [0.1, 0.15) is 6.04 Å². The normalized spacial score (nSPS) is 21.1. The first-order chi connectivity index (χ1) is 14.4. The van der Waals surface area contributed by atoms with E-state index < -0.39 is 0 Å². The second-order valence-corrected chi connectivity index (χ2v) is 9.30. The highest BCUT2D eigenvalue weighted by molar-refractivity contribution is 7.97. The molecular weight excluding hydrogens is 400 g/mol. The van der Waals surface area contributed by atoms with Crippen molar-refractivity contribution in [3.63, 3.8) is 0 Å². The van der Waals surface area contributed by atoms with E-state index in [0.717, 1.165) is 37.7 Å². The van der Waals surface area contributed by atoms with E-state index in [1.807, 2.05) is 0 Å². The molecule has 1 atom stereocenters. The first-order valence-electron chi connectivity index (χ1n) is 10.8. The van der Waals surface area contributed by atoms with E-state index in [1.54, 1.807) is 23.8 Å². The van der Waals surface area contributed by atoms with Gasteiger partial charge in [0.2, 0.25) is 11.8 Å². The van der Waals surface area contributed by atoms with Gasteiger partial charge in [-0.1, -0.05) is 26.0 Å². The molecule has 0 aliphatic carbocycles. The smallest absolute Gasteiger partial charge is 0.240 e. The summed E-state index contributed by atoms with van der Waals surface area (Å²) in [6, 6.07) is 8.17. The van der Waals surface area contributed by atoms with E-state index in [1.165, 1.54) is 5.56 Å². The lowest BCUT2D eigenvalue weighted by Gasteiger charge is -2.39. The Balaban J connectivity index is 1.59. The molecule has 8 heteroatoms. The van der Waals surface area contributed by atoms with Crippen LogP contribution in [-0.2, 0) is 14.3 Å². The van der Waals surface area contributed by atoms with Crippen LogP contribution in [0.25, 0.3) is 0 Å². The zero-order valence-corrected chi connectivity index (χ0v) is 19.1. The van der Waals surface area contributed by atoms with Crippen molar-refractivity contribution >= 4 is 23.8 Å². The Morgan fingerprint density at radius 1 is 1.13 bits per heavy atom. The van der Waals surface area contributed by atoms with Gasteiger partial charge in [-0.3, -0.25) is 14.5 Å². The van der Waals surface area contributed by atoms with Crippen LogP contribution in [-0.4, -0.2) is 91.0 Å². The molecule has 7 nitrogen and oxygen atoms in total. The summed E-state index contributed by atoms with van der Waals surface area (Å²) < 4.78 is 7.49. The molecule has 166 valence electrons. The van der Waals surface area contributed by atoms with Crippen molar-refractivity contribution in [3.05, 3.63) is 29.8 Å². The lowest BCUT2D eigenvalue weighted by atomic mass is 10.0. The van der Waals surface area contributed by atoms with Crippen molar-refractivity contribution < 1.29 is 14.3 Å². The van der Waals surface area contributed by atoms with Crippen molar-refractivity contribution in [2.45, 2.75) is 37.6 Å². The number of piperazine rings is 1. The molecule has 2 saturated heterocycles. The van der Waals surface area contributed by atoms with Gasteiger partial charge in [-0.2, -0.15) is 0 Å². The molecule has 1 aromatic rings. The van der Waals surface area contributed by atoms with Crippen molar-refractivity contribution in [1.29, 1.82) is 0 Å². The van der Waals surface area contributed by atoms with Crippen LogP contribution in [0.4, 0.5) is 0 Å².